The fourth-order valence-electron chi connectivity index (χ4n) is 3.05. The Kier molecular flexibility index (Phi) is 6.56. The lowest BCUT2D eigenvalue weighted by Crippen LogP contribution is -2.38. The van der Waals surface area contributed by atoms with E-state index in [9.17, 15) is 14.0 Å². The second-order valence-electron chi connectivity index (χ2n) is 6.16. The van der Waals surface area contributed by atoms with Crippen molar-refractivity contribution in [3.05, 3.63) is 30.1 Å². The van der Waals surface area contributed by atoms with E-state index in [0.717, 1.165) is 25.7 Å². The largest absolute Gasteiger partial charge is 0.353 e. The molecule has 2 amide bonds. The summed E-state index contributed by atoms with van der Waals surface area (Å²) in [6.07, 6.45) is 7.10. The van der Waals surface area contributed by atoms with Crippen molar-refractivity contribution in [2.75, 3.05) is 11.4 Å². The van der Waals surface area contributed by atoms with Crippen LogP contribution in [-0.4, -0.2) is 24.4 Å². The van der Waals surface area contributed by atoms with Crippen molar-refractivity contribution in [3.8, 4) is 0 Å². The Labute approximate surface area is 137 Å². The maximum Gasteiger partial charge on any atom is 0.223 e. The Balaban J connectivity index is 1.88. The molecule has 5 heteroatoms. The lowest BCUT2D eigenvalue weighted by atomic mass is 10.1. The predicted molar refractivity (Wildman–Crippen MR) is 88.7 cm³/mol. The van der Waals surface area contributed by atoms with Gasteiger partial charge in [0.05, 0.1) is 0 Å². The molecule has 1 fully saturated rings. The van der Waals surface area contributed by atoms with Crippen LogP contribution >= 0.6 is 0 Å². The van der Waals surface area contributed by atoms with Gasteiger partial charge in [-0.05, 0) is 31.0 Å². The Bertz CT molecular complexity index is 540. The quantitative estimate of drug-likeness (QED) is 0.845. The van der Waals surface area contributed by atoms with Gasteiger partial charge in [0, 0.05) is 31.6 Å². The van der Waals surface area contributed by atoms with Crippen molar-refractivity contribution in [1.82, 2.24) is 5.32 Å². The van der Waals surface area contributed by atoms with Crippen LogP contribution in [0.3, 0.4) is 0 Å². The molecule has 1 N–H and O–H groups in total. The van der Waals surface area contributed by atoms with E-state index in [1.165, 1.54) is 36.8 Å². The molecule has 23 heavy (non-hydrogen) atoms. The first-order chi connectivity index (χ1) is 11.1. The van der Waals surface area contributed by atoms with Gasteiger partial charge in [-0.2, -0.15) is 0 Å². The summed E-state index contributed by atoms with van der Waals surface area (Å²) in [5.41, 5.74) is 0.486. The second kappa shape index (κ2) is 8.65. The third kappa shape index (κ3) is 5.66. The van der Waals surface area contributed by atoms with Crippen LogP contribution in [0.5, 0.6) is 0 Å². The molecule has 0 saturated heterocycles. The fourth-order valence-corrected chi connectivity index (χ4v) is 3.05. The molecule has 0 bridgehead atoms. The lowest BCUT2D eigenvalue weighted by Gasteiger charge is -2.22. The number of benzene rings is 1. The molecule has 0 radical (unpaired) electrons. The van der Waals surface area contributed by atoms with Gasteiger partial charge in [0.2, 0.25) is 11.8 Å². The molecule has 0 spiro atoms. The summed E-state index contributed by atoms with van der Waals surface area (Å²) in [5, 5.41) is 3.07. The average Bonchev–Trinajstić information content (AvgIpc) is 2.76. The van der Waals surface area contributed by atoms with E-state index in [1.54, 1.807) is 12.1 Å². The van der Waals surface area contributed by atoms with Gasteiger partial charge >= 0.3 is 0 Å². The van der Waals surface area contributed by atoms with Gasteiger partial charge in [-0.15, -0.1) is 0 Å². The topological polar surface area (TPSA) is 49.4 Å². The number of amides is 2. The van der Waals surface area contributed by atoms with Crippen molar-refractivity contribution in [2.24, 2.45) is 0 Å². The van der Waals surface area contributed by atoms with Gasteiger partial charge in [-0.1, -0.05) is 31.7 Å². The summed E-state index contributed by atoms with van der Waals surface area (Å²) in [5.74, 6) is -0.630. The molecule has 0 atom stereocenters. The van der Waals surface area contributed by atoms with Crippen LogP contribution in [0.1, 0.15) is 51.9 Å². The summed E-state index contributed by atoms with van der Waals surface area (Å²) in [7, 11) is 0. The van der Waals surface area contributed by atoms with Crippen LogP contribution in [0.25, 0.3) is 0 Å². The first-order valence-electron chi connectivity index (χ1n) is 8.39. The van der Waals surface area contributed by atoms with Gasteiger partial charge in [-0.3, -0.25) is 9.59 Å². The van der Waals surface area contributed by atoms with Crippen molar-refractivity contribution in [2.45, 2.75) is 57.9 Å². The third-order valence-electron chi connectivity index (χ3n) is 4.28. The zero-order valence-electron chi connectivity index (χ0n) is 13.7. The first kappa shape index (κ1) is 17.4. The van der Waals surface area contributed by atoms with E-state index >= 15 is 0 Å². The predicted octanol–water partition coefficient (Wildman–Crippen LogP) is 3.41. The molecule has 0 heterocycles. The third-order valence-corrected chi connectivity index (χ3v) is 4.28. The molecular weight excluding hydrogens is 295 g/mol. The van der Waals surface area contributed by atoms with Gasteiger partial charge < -0.3 is 10.2 Å². The number of hydrogen-bond donors (Lipinski definition) is 1. The monoisotopic (exact) mass is 320 g/mol. The average molecular weight is 320 g/mol. The minimum atomic E-state index is -0.392. The second-order valence-corrected chi connectivity index (χ2v) is 6.16. The molecule has 0 unspecified atom stereocenters. The number of nitrogens with zero attached hydrogens (tertiary/aromatic N) is 1. The first-order valence-corrected chi connectivity index (χ1v) is 8.39. The smallest absolute Gasteiger partial charge is 0.223 e. The maximum atomic E-state index is 13.3. The van der Waals surface area contributed by atoms with Crippen LogP contribution in [-0.2, 0) is 9.59 Å². The molecule has 2 rings (SSSR count). The minimum absolute atomic E-state index is 0.0421. The highest BCUT2D eigenvalue weighted by atomic mass is 19.1. The van der Waals surface area contributed by atoms with E-state index < -0.39 is 5.82 Å². The fraction of sp³-hybridized carbons (Fsp3) is 0.556. The molecule has 1 saturated carbocycles. The number of carbonyl (C=O) groups is 2. The zero-order valence-corrected chi connectivity index (χ0v) is 13.7. The summed E-state index contributed by atoms with van der Waals surface area (Å²) >= 11 is 0. The summed E-state index contributed by atoms with van der Waals surface area (Å²) in [6.45, 7) is 1.69. The molecule has 1 aromatic rings. The van der Waals surface area contributed by atoms with Crippen molar-refractivity contribution >= 4 is 17.5 Å². The van der Waals surface area contributed by atoms with E-state index in [0.29, 0.717) is 5.69 Å². The van der Waals surface area contributed by atoms with Gasteiger partial charge in [0.1, 0.15) is 5.82 Å². The highest BCUT2D eigenvalue weighted by molar-refractivity contribution is 5.92. The molecule has 0 aromatic heterocycles. The molecule has 4 nitrogen and oxygen atoms in total. The highest BCUT2D eigenvalue weighted by Gasteiger charge is 2.17. The Hall–Kier alpha value is -1.91. The number of nitrogens with one attached hydrogen (secondary N) is 1. The molecular formula is C18H25FN2O2. The summed E-state index contributed by atoms with van der Waals surface area (Å²) in [4.78, 5) is 25.3. The Morgan fingerprint density at radius 2 is 1.91 bits per heavy atom. The van der Waals surface area contributed by atoms with Gasteiger partial charge in [-0.25, -0.2) is 4.39 Å². The molecule has 1 aliphatic carbocycles. The zero-order chi connectivity index (χ0) is 16.7. The van der Waals surface area contributed by atoms with Crippen LogP contribution in [0.15, 0.2) is 24.3 Å². The lowest BCUT2D eigenvalue weighted by molar-refractivity contribution is -0.121. The van der Waals surface area contributed by atoms with E-state index in [1.807, 2.05) is 0 Å². The summed E-state index contributed by atoms with van der Waals surface area (Å²) in [6, 6.07) is 6.13. The molecule has 1 aromatic carbocycles. The number of anilines is 1. The number of hydrogen-bond acceptors (Lipinski definition) is 2. The number of carbonyl (C=O) groups excluding carboxylic acids is 2. The Morgan fingerprint density at radius 3 is 2.52 bits per heavy atom. The maximum absolute atomic E-state index is 13.3. The highest BCUT2D eigenvalue weighted by Crippen LogP contribution is 2.18. The number of halogens is 1. The van der Waals surface area contributed by atoms with Crippen LogP contribution < -0.4 is 10.2 Å². The van der Waals surface area contributed by atoms with Crippen molar-refractivity contribution in [1.29, 1.82) is 0 Å². The summed E-state index contributed by atoms with van der Waals surface area (Å²) < 4.78 is 13.3. The number of rotatable bonds is 5. The molecule has 0 aliphatic heterocycles. The van der Waals surface area contributed by atoms with Crippen LogP contribution in [0.4, 0.5) is 10.1 Å². The van der Waals surface area contributed by atoms with Gasteiger partial charge in [0.15, 0.2) is 0 Å². The standard InChI is InChI=1S/C18H25FN2O2/c1-14(22)21(17-10-6-7-15(19)13-17)12-11-18(23)20-16-8-4-2-3-5-9-16/h6-7,10,13,16H,2-5,8-9,11-12H2,1H3,(H,20,23). The Morgan fingerprint density at radius 1 is 1.22 bits per heavy atom. The molecule has 1 aliphatic rings. The van der Waals surface area contributed by atoms with Crippen molar-refractivity contribution < 1.29 is 14.0 Å². The SMILES string of the molecule is CC(=O)N(CCC(=O)NC1CCCCCC1)c1cccc(F)c1. The van der Waals surface area contributed by atoms with E-state index in [4.69, 9.17) is 0 Å². The van der Waals surface area contributed by atoms with Crippen LogP contribution in [0, 0.1) is 5.82 Å². The van der Waals surface area contributed by atoms with Gasteiger partial charge in [0.25, 0.3) is 0 Å². The minimum Gasteiger partial charge on any atom is -0.353 e. The van der Waals surface area contributed by atoms with Crippen LogP contribution in [0.2, 0.25) is 0 Å². The van der Waals surface area contributed by atoms with E-state index in [-0.39, 0.29) is 30.8 Å². The molecule has 126 valence electrons. The normalized spacial score (nSPS) is 15.7. The van der Waals surface area contributed by atoms with Crippen molar-refractivity contribution in [3.63, 3.8) is 0 Å². The van der Waals surface area contributed by atoms with E-state index in [2.05, 4.69) is 5.32 Å².